The summed E-state index contributed by atoms with van der Waals surface area (Å²) < 4.78 is 13.2. The molecule has 3 nitrogen and oxygen atoms in total. The summed E-state index contributed by atoms with van der Waals surface area (Å²) in [6, 6.07) is 6.79. The smallest absolute Gasteiger partial charge is 0.225 e. The van der Waals surface area contributed by atoms with E-state index in [4.69, 9.17) is 5.73 Å². The van der Waals surface area contributed by atoms with E-state index in [9.17, 15) is 9.18 Å². The van der Waals surface area contributed by atoms with Gasteiger partial charge in [-0.3, -0.25) is 4.79 Å². The van der Waals surface area contributed by atoms with Crippen molar-refractivity contribution in [2.45, 2.75) is 58.0 Å². The molecular formula is C18H27FN2O. The van der Waals surface area contributed by atoms with Crippen molar-refractivity contribution in [3.05, 3.63) is 35.6 Å². The molecule has 2 N–H and O–H groups in total. The van der Waals surface area contributed by atoms with Gasteiger partial charge in [0.15, 0.2) is 0 Å². The maximum Gasteiger partial charge on any atom is 0.225 e. The molecule has 1 aromatic carbocycles. The Kier molecular flexibility index (Phi) is 5.95. The average molecular weight is 306 g/mol. The zero-order valence-electron chi connectivity index (χ0n) is 13.6. The molecule has 1 saturated heterocycles. The van der Waals surface area contributed by atoms with E-state index in [1.54, 1.807) is 12.1 Å². The number of carbonyl (C=O) groups is 1. The standard InChI is InChI=1S/C18H27FN2O/c1-13(9-10-15-6-5-7-16(19)12-15)18(22)21-11-4-3-8-17(21)14(2)20/h5-7,12-14,17H,3-4,8-11,20H2,1-2H3. The summed E-state index contributed by atoms with van der Waals surface area (Å²) in [5.74, 6) is -0.0782. The highest BCUT2D eigenvalue weighted by Crippen LogP contribution is 2.23. The van der Waals surface area contributed by atoms with Gasteiger partial charge in [-0.05, 0) is 56.7 Å². The van der Waals surface area contributed by atoms with Gasteiger partial charge in [0, 0.05) is 24.5 Å². The van der Waals surface area contributed by atoms with Crippen LogP contribution in [0, 0.1) is 11.7 Å². The third-order valence-electron chi connectivity index (χ3n) is 4.62. The molecule has 0 aromatic heterocycles. The van der Waals surface area contributed by atoms with Gasteiger partial charge in [-0.15, -0.1) is 0 Å². The van der Waals surface area contributed by atoms with E-state index in [0.29, 0.717) is 0 Å². The molecule has 0 bridgehead atoms. The summed E-state index contributed by atoms with van der Waals surface area (Å²) in [4.78, 5) is 14.7. The van der Waals surface area contributed by atoms with Crippen molar-refractivity contribution in [3.63, 3.8) is 0 Å². The van der Waals surface area contributed by atoms with Crippen molar-refractivity contribution < 1.29 is 9.18 Å². The average Bonchev–Trinajstić information content (AvgIpc) is 2.52. The van der Waals surface area contributed by atoms with E-state index >= 15 is 0 Å². The van der Waals surface area contributed by atoms with E-state index in [1.807, 2.05) is 24.8 Å². The van der Waals surface area contributed by atoms with Crippen LogP contribution >= 0.6 is 0 Å². The van der Waals surface area contributed by atoms with E-state index in [-0.39, 0.29) is 29.7 Å². The SMILES string of the molecule is CC(CCc1cccc(F)c1)C(=O)N1CCCCC1C(C)N. The molecule has 1 aliphatic heterocycles. The van der Waals surface area contributed by atoms with Gasteiger partial charge in [-0.1, -0.05) is 19.1 Å². The highest BCUT2D eigenvalue weighted by molar-refractivity contribution is 5.79. The van der Waals surface area contributed by atoms with E-state index in [1.165, 1.54) is 6.07 Å². The van der Waals surface area contributed by atoms with Crippen LogP contribution in [0.3, 0.4) is 0 Å². The van der Waals surface area contributed by atoms with Gasteiger partial charge in [0.1, 0.15) is 5.82 Å². The lowest BCUT2D eigenvalue weighted by Gasteiger charge is -2.39. The third kappa shape index (κ3) is 4.29. The van der Waals surface area contributed by atoms with E-state index < -0.39 is 0 Å². The van der Waals surface area contributed by atoms with Crippen molar-refractivity contribution in [1.82, 2.24) is 4.90 Å². The molecule has 0 aliphatic carbocycles. The maximum atomic E-state index is 13.2. The summed E-state index contributed by atoms with van der Waals surface area (Å²) in [6.07, 6.45) is 4.67. The van der Waals surface area contributed by atoms with Crippen molar-refractivity contribution >= 4 is 5.91 Å². The lowest BCUT2D eigenvalue weighted by molar-refractivity contribution is -0.139. The Morgan fingerprint density at radius 3 is 2.86 bits per heavy atom. The number of halogens is 1. The highest BCUT2D eigenvalue weighted by Gasteiger charge is 2.31. The minimum Gasteiger partial charge on any atom is -0.338 e. The number of amides is 1. The van der Waals surface area contributed by atoms with Gasteiger partial charge in [0.05, 0.1) is 0 Å². The first kappa shape index (κ1) is 16.9. The molecule has 3 unspecified atom stereocenters. The second-order valence-corrected chi connectivity index (χ2v) is 6.52. The third-order valence-corrected chi connectivity index (χ3v) is 4.62. The largest absolute Gasteiger partial charge is 0.338 e. The van der Waals surface area contributed by atoms with Crippen LogP contribution in [0.5, 0.6) is 0 Å². The summed E-state index contributed by atoms with van der Waals surface area (Å²) in [7, 11) is 0. The minimum absolute atomic E-state index is 0.0136. The molecule has 1 heterocycles. The van der Waals surface area contributed by atoms with Crippen LogP contribution in [0.4, 0.5) is 4.39 Å². The lowest BCUT2D eigenvalue weighted by atomic mass is 9.93. The number of nitrogens with two attached hydrogens (primary N) is 1. The van der Waals surface area contributed by atoms with Crippen molar-refractivity contribution in [2.75, 3.05) is 6.54 Å². The number of piperidine rings is 1. The number of aryl methyl sites for hydroxylation is 1. The van der Waals surface area contributed by atoms with Crippen molar-refractivity contribution in [1.29, 1.82) is 0 Å². The number of rotatable bonds is 5. The fraction of sp³-hybridized carbons (Fsp3) is 0.611. The number of carbonyl (C=O) groups excluding carboxylic acids is 1. The predicted molar refractivity (Wildman–Crippen MR) is 86.9 cm³/mol. The van der Waals surface area contributed by atoms with Crippen molar-refractivity contribution in [3.8, 4) is 0 Å². The number of hydrogen-bond acceptors (Lipinski definition) is 2. The molecule has 2 rings (SSSR count). The second kappa shape index (κ2) is 7.73. The van der Waals surface area contributed by atoms with Crippen LogP contribution in [0.1, 0.15) is 45.1 Å². The quantitative estimate of drug-likeness (QED) is 0.908. The van der Waals surface area contributed by atoms with E-state index in [0.717, 1.165) is 44.2 Å². The molecule has 0 spiro atoms. The molecule has 3 atom stereocenters. The highest BCUT2D eigenvalue weighted by atomic mass is 19.1. The summed E-state index contributed by atoms with van der Waals surface area (Å²) in [5, 5.41) is 0. The van der Waals surface area contributed by atoms with Gasteiger partial charge in [0.25, 0.3) is 0 Å². The van der Waals surface area contributed by atoms with Gasteiger partial charge in [0.2, 0.25) is 5.91 Å². The molecule has 122 valence electrons. The topological polar surface area (TPSA) is 46.3 Å². The Balaban J connectivity index is 1.93. The van der Waals surface area contributed by atoms with Crippen LogP contribution in [-0.2, 0) is 11.2 Å². The lowest BCUT2D eigenvalue weighted by Crippen LogP contribution is -2.53. The van der Waals surface area contributed by atoms with Crippen LogP contribution in [0.15, 0.2) is 24.3 Å². The molecular weight excluding hydrogens is 279 g/mol. The minimum atomic E-state index is -0.218. The monoisotopic (exact) mass is 306 g/mol. The van der Waals surface area contributed by atoms with Crippen molar-refractivity contribution in [2.24, 2.45) is 11.7 Å². The fourth-order valence-corrected chi connectivity index (χ4v) is 3.26. The number of nitrogens with zero attached hydrogens (tertiary/aromatic N) is 1. The Morgan fingerprint density at radius 1 is 1.41 bits per heavy atom. The zero-order chi connectivity index (χ0) is 16.1. The van der Waals surface area contributed by atoms with Gasteiger partial charge in [-0.25, -0.2) is 4.39 Å². The normalized spacial score (nSPS) is 21.5. The van der Waals surface area contributed by atoms with Gasteiger partial charge in [-0.2, -0.15) is 0 Å². The number of hydrogen-bond donors (Lipinski definition) is 1. The van der Waals surface area contributed by atoms with Crippen LogP contribution in [0.2, 0.25) is 0 Å². The number of likely N-dealkylation sites (tertiary alicyclic amines) is 1. The summed E-state index contributed by atoms with van der Waals surface area (Å²) >= 11 is 0. The van der Waals surface area contributed by atoms with Gasteiger partial charge >= 0.3 is 0 Å². The summed E-state index contributed by atoms with van der Waals surface area (Å²) in [5.41, 5.74) is 6.99. The molecule has 0 saturated carbocycles. The Morgan fingerprint density at radius 2 is 2.18 bits per heavy atom. The molecule has 4 heteroatoms. The number of benzene rings is 1. The van der Waals surface area contributed by atoms with E-state index in [2.05, 4.69) is 0 Å². The molecule has 1 fully saturated rings. The van der Waals surface area contributed by atoms with Crippen LogP contribution < -0.4 is 5.73 Å². The zero-order valence-corrected chi connectivity index (χ0v) is 13.6. The Hall–Kier alpha value is -1.42. The molecule has 22 heavy (non-hydrogen) atoms. The predicted octanol–water partition coefficient (Wildman–Crippen LogP) is 3.12. The molecule has 1 amide bonds. The maximum absolute atomic E-state index is 13.2. The summed E-state index contributed by atoms with van der Waals surface area (Å²) in [6.45, 7) is 4.76. The molecule has 1 aromatic rings. The first-order valence-corrected chi connectivity index (χ1v) is 8.29. The Bertz CT molecular complexity index is 504. The molecule has 0 radical (unpaired) electrons. The van der Waals surface area contributed by atoms with Crippen LogP contribution in [-0.4, -0.2) is 29.4 Å². The first-order chi connectivity index (χ1) is 10.5. The van der Waals surface area contributed by atoms with Gasteiger partial charge < -0.3 is 10.6 Å². The fourth-order valence-electron chi connectivity index (χ4n) is 3.26. The molecule has 1 aliphatic rings. The van der Waals surface area contributed by atoms with Crippen LogP contribution in [0.25, 0.3) is 0 Å². The second-order valence-electron chi connectivity index (χ2n) is 6.52. The first-order valence-electron chi connectivity index (χ1n) is 8.29. The Labute approximate surface area is 132 Å².